The number of halogens is 3. The molecule has 0 aromatic heterocycles. The van der Waals surface area contributed by atoms with E-state index >= 15 is 0 Å². The van der Waals surface area contributed by atoms with Crippen molar-refractivity contribution in [3.05, 3.63) is 59.1 Å². The minimum Gasteiger partial charge on any atom is -0.452 e. The van der Waals surface area contributed by atoms with Crippen molar-refractivity contribution in [1.29, 1.82) is 0 Å². The molecular formula is C24H19Cl3N2O5. The summed E-state index contributed by atoms with van der Waals surface area (Å²) < 4.78 is 5.06. The second-order valence-corrected chi connectivity index (χ2v) is 10.1. The van der Waals surface area contributed by atoms with E-state index in [2.05, 4.69) is 5.32 Å². The van der Waals surface area contributed by atoms with Crippen molar-refractivity contribution in [1.82, 2.24) is 0 Å². The fourth-order valence-electron chi connectivity index (χ4n) is 5.29. The third-order valence-electron chi connectivity index (χ3n) is 6.81. The van der Waals surface area contributed by atoms with Crippen LogP contribution in [0.1, 0.15) is 16.8 Å². The van der Waals surface area contributed by atoms with Crippen molar-refractivity contribution in [3.63, 3.8) is 0 Å². The highest BCUT2D eigenvalue weighted by Gasteiger charge is 2.66. The average molecular weight is 522 g/mol. The van der Waals surface area contributed by atoms with Gasteiger partial charge in [-0.25, -0.2) is 4.79 Å². The number of hydrogen-bond donors (Lipinski definition) is 1. The zero-order valence-electron chi connectivity index (χ0n) is 17.6. The smallest absolute Gasteiger partial charge is 0.338 e. The van der Waals surface area contributed by atoms with Crippen molar-refractivity contribution < 1.29 is 23.9 Å². The lowest BCUT2D eigenvalue weighted by Gasteiger charge is -2.28. The molecule has 1 aliphatic heterocycles. The number of benzene rings is 2. The third-order valence-corrected chi connectivity index (χ3v) is 8.38. The maximum absolute atomic E-state index is 13.1. The first-order chi connectivity index (χ1) is 16.3. The second-order valence-electron chi connectivity index (χ2n) is 8.69. The van der Waals surface area contributed by atoms with Crippen LogP contribution in [0.4, 0.5) is 11.4 Å². The summed E-state index contributed by atoms with van der Waals surface area (Å²) in [7, 11) is 0. The summed E-state index contributed by atoms with van der Waals surface area (Å²) in [6.45, 7) is -0.475. The van der Waals surface area contributed by atoms with E-state index in [4.69, 9.17) is 39.5 Å². The molecule has 1 heterocycles. The molecule has 2 saturated carbocycles. The Bertz CT molecular complexity index is 1140. The number of nitrogens with zero attached hydrogens (tertiary/aromatic N) is 1. The standard InChI is InChI=1S/C24H19Cl3N2O5/c25-12-3-5-13(6-4-12)28-17(30)10-34-24(33)11-1-7-14(8-2-11)29-22(31)18-15-9-16(19(18)23(29)32)21(27)20(15)26/h1-8,15-16,18-21H,9-10H2,(H,28,30)/t15-,16-,18-,19-,20+,21+/m1/s1. The fraction of sp³-hybridized carbons (Fsp3) is 0.333. The number of nitrogens with one attached hydrogen (secondary N) is 1. The van der Waals surface area contributed by atoms with E-state index in [0.717, 1.165) is 0 Å². The molecule has 2 aromatic carbocycles. The van der Waals surface area contributed by atoms with Gasteiger partial charge in [0.1, 0.15) is 0 Å². The molecule has 3 aliphatic rings. The molecule has 3 amide bonds. The van der Waals surface area contributed by atoms with Crippen LogP contribution in [-0.2, 0) is 19.1 Å². The van der Waals surface area contributed by atoms with Gasteiger partial charge in [-0.3, -0.25) is 19.3 Å². The molecule has 1 saturated heterocycles. The first kappa shape index (κ1) is 23.1. The number of anilines is 2. The van der Waals surface area contributed by atoms with Gasteiger partial charge in [-0.2, -0.15) is 0 Å². The van der Waals surface area contributed by atoms with Crippen LogP contribution in [0, 0.1) is 23.7 Å². The maximum atomic E-state index is 13.1. The van der Waals surface area contributed by atoms with Gasteiger partial charge in [-0.15, -0.1) is 23.2 Å². The highest BCUT2D eigenvalue weighted by molar-refractivity contribution is 6.32. The predicted molar refractivity (Wildman–Crippen MR) is 127 cm³/mol. The highest BCUT2D eigenvalue weighted by atomic mass is 35.5. The van der Waals surface area contributed by atoms with E-state index in [-0.39, 0.29) is 40.0 Å². The zero-order valence-corrected chi connectivity index (χ0v) is 19.9. The van der Waals surface area contributed by atoms with Crippen molar-refractivity contribution in [2.75, 3.05) is 16.8 Å². The number of carbonyl (C=O) groups is 4. The molecule has 10 heteroatoms. The number of imide groups is 1. The van der Waals surface area contributed by atoms with Crippen molar-refractivity contribution >= 4 is 69.9 Å². The summed E-state index contributed by atoms with van der Waals surface area (Å²) in [5.74, 6) is -2.85. The summed E-state index contributed by atoms with van der Waals surface area (Å²) in [6, 6.07) is 12.4. The van der Waals surface area contributed by atoms with Gasteiger partial charge in [0.25, 0.3) is 5.91 Å². The number of alkyl halides is 2. The Kier molecular flexibility index (Phi) is 6.04. The van der Waals surface area contributed by atoms with Crippen molar-refractivity contribution in [3.8, 4) is 0 Å². The number of hydrogen-bond acceptors (Lipinski definition) is 5. The van der Waals surface area contributed by atoms with Gasteiger partial charge in [0.15, 0.2) is 6.61 Å². The first-order valence-corrected chi connectivity index (χ1v) is 12.0. The van der Waals surface area contributed by atoms with Gasteiger partial charge >= 0.3 is 5.97 Å². The normalized spacial score (nSPS) is 29.3. The van der Waals surface area contributed by atoms with Crippen molar-refractivity contribution in [2.24, 2.45) is 23.7 Å². The molecule has 0 spiro atoms. The molecule has 0 unspecified atom stereocenters. The maximum Gasteiger partial charge on any atom is 0.338 e. The van der Waals surface area contributed by atoms with Crippen LogP contribution in [0.5, 0.6) is 0 Å². The molecule has 2 aromatic rings. The second kappa shape index (κ2) is 8.87. The Morgan fingerprint density at radius 1 is 0.912 bits per heavy atom. The van der Waals surface area contributed by atoms with Gasteiger partial charge in [-0.05, 0) is 66.8 Å². The Morgan fingerprint density at radius 2 is 1.47 bits per heavy atom. The van der Waals surface area contributed by atoms with E-state index in [1.54, 1.807) is 24.3 Å². The average Bonchev–Trinajstić information content (AvgIpc) is 3.44. The van der Waals surface area contributed by atoms with Gasteiger partial charge in [-0.1, -0.05) is 11.6 Å². The fourth-order valence-corrected chi connectivity index (χ4v) is 6.31. The highest BCUT2D eigenvalue weighted by Crippen LogP contribution is 2.59. The molecule has 34 heavy (non-hydrogen) atoms. The summed E-state index contributed by atoms with van der Waals surface area (Å²) in [6.07, 6.45) is 0.694. The number of amides is 3. The van der Waals surface area contributed by atoms with E-state index < -0.39 is 30.3 Å². The minimum absolute atomic E-state index is 0.103. The lowest BCUT2D eigenvalue weighted by molar-refractivity contribution is -0.123. The Morgan fingerprint density at radius 3 is 2.03 bits per heavy atom. The zero-order chi connectivity index (χ0) is 24.1. The molecule has 5 rings (SSSR count). The van der Waals surface area contributed by atoms with Gasteiger partial charge in [0, 0.05) is 10.7 Å². The molecule has 2 bridgehead atoms. The number of fused-ring (bicyclic) bond motifs is 5. The van der Waals surface area contributed by atoms with Crippen LogP contribution < -0.4 is 10.2 Å². The van der Waals surface area contributed by atoms with Crippen LogP contribution in [0.15, 0.2) is 48.5 Å². The SMILES string of the molecule is O=C(COC(=O)c1ccc(N2C(=O)[C@@H]3[C@H]4C[C@@H]([C@H](Cl)[C@H]4Cl)[C@H]3C2=O)cc1)Nc1ccc(Cl)cc1. The van der Waals surface area contributed by atoms with Gasteiger partial charge in [0.05, 0.1) is 33.8 Å². The molecule has 0 radical (unpaired) electrons. The van der Waals surface area contributed by atoms with E-state index in [9.17, 15) is 19.2 Å². The minimum atomic E-state index is -0.707. The van der Waals surface area contributed by atoms with Gasteiger partial charge < -0.3 is 10.1 Å². The molecule has 2 aliphatic carbocycles. The van der Waals surface area contributed by atoms with Crippen LogP contribution >= 0.6 is 34.8 Å². The number of esters is 1. The predicted octanol–water partition coefficient (Wildman–Crippen LogP) is 4.11. The van der Waals surface area contributed by atoms with Gasteiger partial charge in [0.2, 0.25) is 11.8 Å². The van der Waals surface area contributed by atoms with Crippen LogP contribution in [0.25, 0.3) is 0 Å². The lowest BCUT2D eigenvalue weighted by Crippen LogP contribution is -2.37. The summed E-state index contributed by atoms with van der Waals surface area (Å²) in [5, 5.41) is 2.49. The van der Waals surface area contributed by atoms with E-state index in [1.165, 1.54) is 29.2 Å². The summed E-state index contributed by atoms with van der Waals surface area (Å²) >= 11 is 18.6. The molecule has 176 valence electrons. The molecule has 3 fully saturated rings. The quantitative estimate of drug-likeness (QED) is 0.363. The molecule has 6 atom stereocenters. The third kappa shape index (κ3) is 3.85. The van der Waals surface area contributed by atoms with Crippen molar-refractivity contribution in [2.45, 2.75) is 17.2 Å². The lowest BCUT2D eigenvalue weighted by atomic mass is 9.80. The Balaban J connectivity index is 1.21. The summed E-state index contributed by atoms with van der Waals surface area (Å²) in [5.41, 5.74) is 1.08. The Labute approximate surface area is 210 Å². The number of carbonyl (C=O) groups excluding carboxylic acids is 4. The van der Waals surface area contributed by atoms with E-state index in [1.807, 2.05) is 0 Å². The summed E-state index contributed by atoms with van der Waals surface area (Å²) in [4.78, 5) is 51.6. The Hall–Kier alpha value is -2.61. The molecule has 7 nitrogen and oxygen atoms in total. The van der Waals surface area contributed by atoms with Crippen LogP contribution in [0.2, 0.25) is 5.02 Å². The molecular weight excluding hydrogens is 503 g/mol. The molecule has 1 N–H and O–H groups in total. The first-order valence-electron chi connectivity index (χ1n) is 10.7. The number of ether oxygens (including phenoxy) is 1. The van der Waals surface area contributed by atoms with Crippen LogP contribution in [-0.4, -0.2) is 41.1 Å². The monoisotopic (exact) mass is 520 g/mol. The number of rotatable bonds is 5. The van der Waals surface area contributed by atoms with E-state index in [0.29, 0.717) is 22.8 Å². The topological polar surface area (TPSA) is 92.8 Å². The largest absolute Gasteiger partial charge is 0.452 e. The van der Waals surface area contributed by atoms with Crippen LogP contribution in [0.3, 0.4) is 0 Å².